The van der Waals surface area contributed by atoms with Crippen LogP contribution in [0.25, 0.3) is 0 Å². The number of hydrogen-bond acceptors (Lipinski definition) is 5. The zero-order valence-corrected chi connectivity index (χ0v) is 10.9. The highest BCUT2D eigenvalue weighted by molar-refractivity contribution is 7.11. The lowest BCUT2D eigenvalue weighted by Crippen LogP contribution is -2.13. The monoisotopic (exact) mass is 248 g/mol. The molecule has 0 radical (unpaired) electrons. The molecule has 2 rings (SSSR count). The first-order valence-electron chi connectivity index (χ1n) is 5.70. The van der Waals surface area contributed by atoms with Crippen molar-refractivity contribution in [3.63, 3.8) is 0 Å². The minimum Gasteiger partial charge on any atom is -0.306 e. The van der Waals surface area contributed by atoms with Crippen molar-refractivity contribution in [3.8, 4) is 0 Å². The molecule has 2 aromatic heterocycles. The molecule has 0 fully saturated rings. The summed E-state index contributed by atoms with van der Waals surface area (Å²) in [7, 11) is 0. The quantitative estimate of drug-likeness (QED) is 0.880. The van der Waals surface area contributed by atoms with E-state index in [1.165, 1.54) is 9.88 Å². The zero-order valence-electron chi connectivity index (χ0n) is 10.1. The van der Waals surface area contributed by atoms with E-state index in [4.69, 9.17) is 0 Å². The Kier molecular flexibility index (Phi) is 4.17. The zero-order chi connectivity index (χ0) is 12.1. The number of thiazole rings is 1. The number of aromatic nitrogens is 3. The van der Waals surface area contributed by atoms with Crippen molar-refractivity contribution in [1.29, 1.82) is 0 Å². The molecule has 2 heterocycles. The Labute approximate surface area is 105 Å². The molecule has 0 aliphatic carbocycles. The van der Waals surface area contributed by atoms with E-state index < -0.39 is 0 Å². The Bertz CT molecular complexity index is 481. The number of nitrogens with zero attached hydrogens (tertiary/aromatic N) is 3. The lowest BCUT2D eigenvalue weighted by atomic mass is 10.4. The van der Waals surface area contributed by atoms with Gasteiger partial charge in [0.1, 0.15) is 5.82 Å². The highest BCUT2D eigenvalue weighted by Crippen LogP contribution is 2.12. The van der Waals surface area contributed by atoms with Crippen molar-refractivity contribution >= 4 is 11.3 Å². The second-order valence-corrected chi connectivity index (χ2v) is 4.97. The van der Waals surface area contributed by atoms with Gasteiger partial charge in [-0.2, -0.15) is 0 Å². The van der Waals surface area contributed by atoms with Gasteiger partial charge in [-0.3, -0.25) is 0 Å². The molecule has 17 heavy (non-hydrogen) atoms. The lowest BCUT2D eigenvalue weighted by Gasteiger charge is -2.02. The van der Waals surface area contributed by atoms with Crippen LogP contribution >= 0.6 is 11.3 Å². The third-order valence-electron chi connectivity index (χ3n) is 2.34. The van der Waals surface area contributed by atoms with Crippen LogP contribution in [0.2, 0.25) is 0 Å². The fourth-order valence-corrected chi connectivity index (χ4v) is 2.34. The molecule has 0 aliphatic heterocycles. The Hall–Kier alpha value is -1.33. The van der Waals surface area contributed by atoms with Gasteiger partial charge in [-0.05, 0) is 19.4 Å². The van der Waals surface area contributed by atoms with Gasteiger partial charge in [0.2, 0.25) is 0 Å². The van der Waals surface area contributed by atoms with Crippen LogP contribution in [0.3, 0.4) is 0 Å². The number of aryl methyl sites for hydroxylation is 2. The van der Waals surface area contributed by atoms with Gasteiger partial charge < -0.3 is 5.32 Å². The summed E-state index contributed by atoms with van der Waals surface area (Å²) in [5.74, 6) is 0.815. The summed E-state index contributed by atoms with van der Waals surface area (Å²) < 4.78 is 0. The van der Waals surface area contributed by atoms with Gasteiger partial charge >= 0.3 is 0 Å². The molecule has 0 aromatic carbocycles. The maximum atomic E-state index is 4.34. The first-order valence-corrected chi connectivity index (χ1v) is 6.52. The number of rotatable bonds is 5. The fourth-order valence-electron chi connectivity index (χ4n) is 1.51. The van der Waals surface area contributed by atoms with Crippen LogP contribution in [-0.4, -0.2) is 15.0 Å². The maximum Gasteiger partial charge on any atom is 0.125 e. The van der Waals surface area contributed by atoms with E-state index in [2.05, 4.69) is 27.2 Å². The van der Waals surface area contributed by atoms with E-state index in [0.717, 1.165) is 31.0 Å². The van der Waals surface area contributed by atoms with Gasteiger partial charge in [-0.1, -0.05) is 6.92 Å². The van der Waals surface area contributed by atoms with Crippen molar-refractivity contribution in [2.24, 2.45) is 0 Å². The van der Waals surface area contributed by atoms with E-state index in [9.17, 15) is 0 Å². The highest BCUT2D eigenvalue weighted by Gasteiger charge is 2.00. The average Bonchev–Trinajstić information content (AvgIpc) is 2.77. The molecule has 90 valence electrons. The Morgan fingerprint density at radius 3 is 2.88 bits per heavy atom. The van der Waals surface area contributed by atoms with Crippen LogP contribution in [0.5, 0.6) is 0 Å². The van der Waals surface area contributed by atoms with Crippen LogP contribution in [0.1, 0.15) is 28.3 Å². The van der Waals surface area contributed by atoms with Crippen LogP contribution in [0.4, 0.5) is 0 Å². The highest BCUT2D eigenvalue weighted by atomic mass is 32.1. The minimum absolute atomic E-state index is 0.767. The summed E-state index contributed by atoms with van der Waals surface area (Å²) in [6.07, 6.45) is 4.75. The van der Waals surface area contributed by atoms with Crippen LogP contribution in [0.15, 0.2) is 18.5 Å². The average molecular weight is 248 g/mol. The third kappa shape index (κ3) is 3.57. The molecule has 0 saturated heterocycles. The Morgan fingerprint density at radius 1 is 1.29 bits per heavy atom. The van der Waals surface area contributed by atoms with Gasteiger partial charge in [0.25, 0.3) is 0 Å². The minimum atomic E-state index is 0.767. The summed E-state index contributed by atoms with van der Waals surface area (Å²) in [6, 6.07) is 1.93. The Balaban J connectivity index is 1.83. The van der Waals surface area contributed by atoms with E-state index in [1.54, 1.807) is 17.5 Å². The molecule has 0 unspecified atom stereocenters. The summed E-state index contributed by atoms with van der Waals surface area (Å²) in [5, 5.41) is 4.56. The molecule has 2 aromatic rings. The van der Waals surface area contributed by atoms with Crippen molar-refractivity contribution in [3.05, 3.63) is 39.9 Å². The molecule has 0 aliphatic rings. The smallest absolute Gasteiger partial charge is 0.125 e. The molecule has 1 N–H and O–H groups in total. The van der Waals surface area contributed by atoms with E-state index >= 15 is 0 Å². The van der Waals surface area contributed by atoms with Crippen LogP contribution < -0.4 is 5.32 Å². The van der Waals surface area contributed by atoms with Gasteiger partial charge in [-0.15, -0.1) is 11.3 Å². The van der Waals surface area contributed by atoms with Crippen molar-refractivity contribution in [1.82, 2.24) is 20.3 Å². The fraction of sp³-hybridized carbons (Fsp3) is 0.417. The predicted molar refractivity (Wildman–Crippen MR) is 68.8 cm³/mol. The van der Waals surface area contributed by atoms with E-state index in [1.807, 2.05) is 19.2 Å². The van der Waals surface area contributed by atoms with Gasteiger partial charge in [0.15, 0.2) is 0 Å². The number of nitrogens with one attached hydrogen (secondary N) is 1. The molecule has 0 spiro atoms. The van der Waals surface area contributed by atoms with Gasteiger partial charge in [-0.25, -0.2) is 15.0 Å². The first kappa shape index (κ1) is 12.1. The molecule has 0 amide bonds. The second-order valence-electron chi connectivity index (χ2n) is 3.77. The SMILES string of the molecule is CCc1ncc(CNCc2ccnc(C)n2)s1. The molecular weight excluding hydrogens is 232 g/mol. The lowest BCUT2D eigenvalue weighted by molar-refractivity contribution is 0.681. The maximum absolute atomic E-state index is 4.34. The summed E-state index contributed by atoms with van der Waals surface area (Å²) >= 11 is 1.76. The normalized spacial score (nSPS) is 10.7. The molecule has 0 bridgehead atoms. The molecular formula is C12H16N4S. The van der Waals surface area contributed by atoms with Gasteiger partial charge in [0.05, 0.1) is 10.7 Å². The molecule has 0 saturated carbocycles. The van der Waals surface area contributed by atoms with E-state index in [0.29, 0.717) is 0 Å². The third-order valence-corrected chi connectivity index (χ3v) is 3.48. The topological polar surface area (TPSA) is 50.7 Å². The molecule has 0 atom stereocenters. The first-order chi connectivity index (χ1) is 8.28. The van der Waals surface area contributed by atoms with E-state index in [-0.39, 0.29) is 0 Å². The van der Waals surface area contributed by atoms with Crippen molar-refractivity contribution in [2.45, 2.75) is 33.4 Å². The summed E-state index contributed by atoms with van der Waals surface area (Å²) in [6.45, 7) is 5.64. The molecule has 5 heteroatoms. The molecule has 4 nitrogen and oxygen atoms in total. The summed E-state index contributed by atoms with van der Waals surface area (Å²) in [4.78, 5) is 14.0. The van der Waals surface area contributed by atoms with Gasteiger partial charge in [0, 0.05) is 30.4 Å². The Morgan fingerprint density at radius 2 is 2.18 bits per heavy atom. The van der Waals surface area contributed by atoms with Crippen LogP contribution in [0, 0.1) is 6.92 Å². The summed E-state index contributed by atoms with van der Waals surface area (Å²) in [5.41, 5.74) is 1.03. The number of hydrogen-bond donors (Lipinski definition) is 1. The van der Waals surface area contributed by atoms with Crippen LogP contribution in [-0.2, 0) is 19.5 Å². The van der Waals surface area contributed by atoms with Crippen molar-refractivity contribution < 1.29 is 0 Å². The predicted octanol–water partition coefficient (Wildman–Crippen LogP) is 2.09. The standard InChI is InChI=1S/C12H16N4S/c1-3-12-15-8-11(17-12)7-13-6-10-4-5-14-9(2)16-10/h4-5,8,13H,3,6-7H2,1-2H3. The largest absolute Gasteiger partial charge is 0.306 e. The second kappa shape index (κ2) is 5.84. The van der Waals surface area contributed by atoms with Crippen molar-refractivity contribution in [2.75, 3.05) is 0 Å².